The molecule has 0 radical (unpaired) electrons. The van der Waals surface area contributed by atoms with E-state index in [1.165, 1.54) is 6.07 Å². The van der Waals surface area contributed by atoms with Crippen LogP contribution in [-0.4, -0.2) is 16.9 Å². The van der Waals surface area contributed by atoms with Crippen LogP contribution < -0.4 is 5.32 Å². The molecule has 0 bridgehead atoms. The molecule has 0 heterocycles. The van der Waals surface area contributed by atoms with E-state index in [4.69, 9.17) is 0 Å². The maximum Gasteiger partial charge on any atom is 0.254 e. The molecule has 0 aliphatic carbocycles. The van der Waals surface area contributed by atoms with Gasteiger partial charge in [-0.25, -0.2) is 4.39 Å². The first-order valence-electron chi connectivity index (χ1n) is 4.26. The van der Waals surface area contributed by atoms with Gasteiger partial charge in [-0.15, -0.1) is 0 Å². The molecular weight excluding hydrogens is 296 g/mol. The fourth-order valence-electron chi connectivity index (χ4n) is 1.08. The number of carbonyl (C=O) groups excluding carboxylic acids is 1. The molecule has 1 amide bonds. The molecule has 1 rings (SSSR count). The number of halogens is 2. The molecule has 4 heteroatoms. The monoisotopic (exact) mass is 307 g/mol. The van der Waals surface area contributed by atoms with E-state index in [0.717, 1.165) is 4.43 Å². The van der Waals surface area contributed by atoms with Crippen LogP contribution in [0.25, 0.3) is 0 Å². The van der Waals surface area contributed by atoms with Gasteiger partial charge in [-0.05, 0) is 18.6 Å². The Labute approximate surface area is 96.0 Å². The number of carbonyl (C=O) groups is 1. The summed E-state index contributed by atoms with van der Waals surface area (Å²) in [7, 11) is 0. The summed E-state index contributed by atoms with van der Waals surface area (Å²) >= 11 is 2.15. The molecule has 0 aromatic heterocycles. The number of rotatable bonds is 3. The average Bonchev–Trinajstić information content (AvgIpc) is 2.18. The van der Waals surface area contributed by atoms with E-state index < -0.39 is 5.82 Å². The second kappa shape index (κ2) is 5.29. The third-order valence-corrected chi connectivity index (χ3v) is 2.36. The predicted octanol–water partition coefficient (Wildman–Crippen LogP) is 2.30. The van der Waals surface area contributed by atoms with E-state index in [2.05, 4.69) is 27.9 Å². The Morgan fingerprint density at radius 2 is 2.29 bits per heavy atom. The molecule has 14 heavy (non-hydrogen) atoms. The Balaban J connectivity index is 2.84. The van der Waals surface area contributed by atoms with Crippen molar-refractivity contribution in [3.63, 3.8) is 0 Å². The number of hydrogen-bond donors (Lipinski definition) is 1. The van der Waals surface area contributed by atoms with Crippen molar-refractivity contribution < 1.29 is 9.18 Å². The Morgan fingerprint density at radius 1 is 1.57 bits per heavy atom. The lowest BCUT2D eigenvalue weighted by molar-refractivity contribution is 0.0952. The van der Waals surface area contributed by atoms with Crippen LogP contribution in [0.3, 0.4) is 0 Å². The van der Waals surface area contributed by atoms with E-state index in [-0.39, 0.29) is 11.5 Å². The molecule has 1 aromatic carbocycles. The van der Waals surface area contributed by atoms with Crippen molar-refractivity contribution in [2.24, 2.45) is 0 Å². The van der Waals surface area contributed by atoms with Gasteiger partial charge in [-0.3, -0.25) is 4.79 Å². The average molecular weight is 307 g/mol. The number of aryl methyl sites for hydroxylation is 1. The zero-order chi connectivity index (χ0) is 10.6. The normalized spacial score (nSPS) is 9.93. The fourth-order valence-corrected chi connectivity index (χ4v) is 1.35. The summed E-state index contributed by atoms with van der Waals surface area (Å²) in [6, 6.07) is 4.81. The summed E-state index contributed by atoms with van der Waals surface area (Å²) in [6.07, 6.45) is 0. The number of benzene rings is 1. The highest BCUT2D eigenvalue weighted by molar-refractivity contribution is 14.1. The molecule has 76 valence electrons. The van der Waals surface area contributed by atoms with Gasteiger partial charge in [-0.2, -0.15) is 0 Å². The van der Waals surface area contributed by atoms with E-state index in [1.54, 1.807) is 19.1 Å². The van der Waals surface area contributed by atoms with Crippen molar-refractivity contribution in [2.75, 3.05) is 11.0 Å². The van der Waals surface area contributed by atoms with Crippen LogP contribution in [0.5, 0.6) is 0 Å². The second-order valence-electron chi connectivity index (χ2n) is 2.88. The van der Waals surface area contributed by atoms with Gasteiger partial charge in [0.15, 0.2) is 0 Å². The van der Waals surface area contributed by atoms with Crippen molar-refractivity contribution >= 4 is 28.5 Å². The molecule has 1 aromatic rings. The maximum absolute atomic E-state index is 13.4. The fraction of sp³-hybridized carbons (Fsp3) is 0.300. The van der Waals surface area contributed by atoms with Gasteiger partial charge in [0.2, 0.25) is 0 Å². The Hall–Kier alpha value is -0.650. The van der Waals surface area contributed by atoms with E-state index in [1.807, 2.05) is 0 Å². The van der Waals surface area contributed by atoms with Gasteiger partial charge in [-0.1, -0.05) is 34.7 Å². The van der Waals surface area contributed by atoms with Crippen LogP contribution >= 0.6 is 22.6 Å². The summed E-state index contributed by atoms with van der Waals surface area (Å²) in [5.41, 5.74) is 0.613. The molecule has 1 N–H and O–H groups in total. The van der Waals surface area contributed by atoms with Crippen molar-refractivity contribution in [3.8, 4) is 0 Å². The molecule has 0 unspecified atom stereocenters. The smallest absolute Gasteiger partial charge is 0.254 e. The lowest BCUT2D eigenvalue weighted by atomic mass is 10.1. The van der Waals surface area contributed by atoms with E-state index in [0.29, 0.717) is 12.1 Å². The van der Waals surface area contributed by atoms with Crippen molar-refractivity contribution in [2.45, 2.75) is 6.92 Å². The van der Waals surface area contributed by atoms with E-state index in [9.17, 15) is 9.18 Å². The summed E-state index contributed by atoms with van der Waals surface area (Å²) in [5.74, 6) is -0.777. The van der Waals surface area contributed by atoms with Crippen LogP contribution in [0.15, 0.2) is 18.2 Å². The van der Waals surface area contributed by atoms with Gasteiger partial charge >= 0.3 is 0 Å². The first-order valence-corrected chi connectivity index (χ1v) is 5.78. The molecule has 0 fully saturated rings. The highest BCUT2D eigenvalue weighted by Gasteiger charge is 2.11. The zero-order valence-corrected chi connectivity index (χ0v) is 9.97. The van der Waals surface area contributed by atoms with Gasteiger partial charge in [0.25, 0.3) is 5.91 Å². The first kappa shape index (κ1) is 11.4. The van der Waals surface area contributed by atoms with Gasteiger partial charge in [0.05, 0.1) is 5.56 Å². The molecule has 0 saturated carbocycles. The maximum atomic E-state index is 13.4. The Kier molecular flexibility index (Phi) is 4.31. The van der Waals surface area contributed by atoms with Crippen molar-refractivity contribution in [1.29, 1.82) is 0 Å². The summed E-state index contributed by atoms with van der Waals surface area (Å²) in [6.45, 7) is 2.21. The summed E-state index contributed by atoms with van der Waals surface area (Å²) in [4.78, 5) is 11.4. The third kappa shape index (κ3) is 2.67. The number of amides is 1. The zero-order valence-electron chi connectivity index (χ0n) is 7.81. The van der Waals surface area contributed by atoms with Crippen molar-refractivity contribution in [3.05, 3.63) is 35.1 Å². The molecule has 0 spiro atoms. The first-order chi connectivity index (χ1) is 6.66. The molecule has 0 aliphatic heterocycles. The van der Waals surface area contributed by atoms with Gasteiger partial charge < -0.3 is 5.32 Å². The van der Waals surface area contributed by atoms with Gasteiger partial charge in [0, 0.05) is 11.0 Å². The summed E-state index contributed by atoms with van der Waals surface area (Å²) < 4.78 is 14.2. The molecule has 0 aliphatic rings. The third-order valence-electron chi connectivity index (χ3n) is 1.82. The molecular formula is C10H11FINO. The highest BCUT2D eigenvalue weighted by atomic mass is 127. The molecule has 0 atom stereocenters. The van der Waals surface area contributed by atoms with E-state index >= 15 is 0 Å². The van der Waals surface area contributed by atoms with Crippen molar-refractivity contribution in [1.82, 2.24) is 5.32 Å². The second-order valence-corrected chi connectivity index (χ2v) is 3.96. The number of nitrogens with one attached hydrogen (secondary N) is 1. The lowest BCUT2D eigenvalue weighted by Crippen LogP contribution is -2.26. The van der Waals surface area contributed by atoms with Crippen LogP contribution in [0, 0.1) is 12.7 Å². The lowest BCUT2D eigenvalue weighted by Gasteiger charge is -2.05. The Morgan fingerprint density at radius 3 is 2.93 bits per heavy atom. The quantitative estimate of drug-likeness (QED) is 0.674. The number of hydrogen-bond acceptors (Lipinski definition) is 1. The van der Waals surface area contributed by atoms with Crippen LogP contribution in [0.2, 0.25) is 0 Å². The van der Waals surface area contributed by atoms with Crippen LogP contribution in [-0.2, 0) is 0 Å². The standard InChI is InChI=1S/C10H11FINO/c1-7-3-2-4-8(9(7)11)10(14)13-6-5-12/h2-4H,5-6H2,1H3,(H,13,14). The predicted molar refractivity (Wildman–Crippen MR) is 62.4 cm³/mol. The summed E-state index contributed by atoms with van der Waals surface area (Å²) in [5, 5.41) is 2.63. The van der Waals surface area contributed by atoms with Crippen LogP contribution in [0.1, 0.15) is 15.9 Å². The molecule has 2 nitrogen and oxygen atoms in total. The molecule has 0 saturated heterocycles. The van der Waals surface area contributed by atoms with Gasteiger partial charge in [0.1, 0.15) is 5.82 Å². The minimum absolute atomic E-state index is 0.120. The van der Waals surface area contributed by atoms with Crippen LogP contribution in [0.4, 0.5) is 4.39 Å². The number of alkyl halides is 1. The minimum atomic E-state index is -0.432. The highest BCUT2D eigenvalue weighted by Crippen LogP contribution is 2.11. The Bertz CT molecular complexity index is 341. The SMILES string of the molecule is Cc1cccc(C(=O)NCCI)c1F. The minimum Gasteiger partial charge on any atom is -0.351 e. The topological polar surface area (TPSA) is 29.1 Å². The largest absolute Gasteiger partial charge is 0.351 e.